The summed E-state index contributed by atoms with van der Waals surface area (Å²) in [6, 6.07) is 8.39. The van der Waals surface area contributed by atoms with Crippen LogP contribution in [0.2, 0.25) is 0 Å². The maximum absolute atomic E-state index is 11.8. The van der Waals surface area contributed by atoms with E-state index in [9.17, 15) is 30.7 Å². The summed E-state index contributed by atoms with van der Waals surface area (Å²) in [7, 11) is -9.51. The van der Waals surface area contributed by atoms with E-state index in [2.05, 4.69) is 30.9 Å². The summed E-state index contributed by atoms with van der Waals surface area (Å²) in [5.74, 6) is -1.28. The third-order valence-corrected chi connectivity index (χ3v) is 6.25. The van der Waals surface area contributed by atoms with E-state index in [0.717, 1.165) is 18.2 Å². The molecule has 0 radical (unpaired) electrons. The molecular formula is C19H21N7O8S2. The van der Waals surface area contributed by atoms with Crippen molar-refractivity contribution in [1.82, 2.24) is 15.0 Å². The maximum Gasteiger partial charge on any atom is 0.335 e. The molecule has 17 heteroatoms. The number of rotatable bonds is 11. The second-order valence-corrected chi connectivity index (χ2v) is 9.92. The Morgan fingerprint density at radius 3 is 2.03 bits per heavy atom. The molecule has 15 nitrogen and oxygen atoms in total. The minimum atomic E-state index is -4.81. The number of aromatic nitrogens is 3. The van der Waals surface area contributed by atoms with Crippen molar-refractivity contribution in [3.8, 4) is 0 Å². The van der Waals surface area contributed by atoms with Gasteiger partial charge in [-0.15, -0.1) is 0 Å². The molecule has 0 aliphatic rings. The molecule has 0 aliphatic carbocycles. The molecule has 1 aromatic heterocycles. The largest absolute Gasteiger partial charge is 0.478 e. The van der Waals surface area contributed by atoms with Gasteiger partial charge in [0.2, 0.25) is 17.8 Å². The summed E-state index contributed by atoms with van der Waals surface area (Å²) >= 11 is 0. The van der Waals surface area contributed by atoms with Gasteiger partial charge in [-0.25, -0.2) is 4.79 Å². The number of anilines is 4. The number of benzene rings is 2. The van der Waals surface area contributed by atoms with E-state index in [1.165, 1.54) is 12.1 Å². The molecule has 2 aromatic carbocycles. The van der Waals surface area contributed by atoms with Crippen molar-refractivity contribution in [2.45, 2.75) is 16.3 Å². The second kappa shape index (κ2) is 10.8. The van der Waals surface area contributed by atoms with E-state index in [1.54, 1.807) is 12.1 Å². The topological polar surface area (TPSA) is 247 Å². The molecule has 3 aromatic rings. The SMILES string of the molecule is NCCNc1nc(NCc2ccc(C(=O)O)cc2)nc(Nc2cc(S(=O)(=O)O)ccc2S(=O)(=O)O)n1. The molecule has 0 saturated carbocycles. The number of aromatic carboxylic acids is 1. The van der Waals surface area contributed by atoms with Gasteiger partial charge >= 0.3 is 5.97 Å². The maximum atomic E-state index is 11.8. The van der Waals surface area contributed by atoms with Gasteiger partial charge in [-0.2, -0.15) is 31.8 Å². The summed E-state index contributed by atoms with van der Waals surface area (Å²) in [6.45, 7) is 0.679. The highest BCUT2D eigenvalue weighted by Crippen LogP contribution is 2.27. The molecule has 0 saturated heterocycles. The van der Waals surface area contributed by atoms with Crippen LogP contribution >= 0.6 is 0 Å². The van der Waals surface area contributed by atoms with Crippen molar-refractivity contribution >= 4 is 49.7 Å². The Kier molecular flexibility index (Phi) is 8.00. The van der Waals surface area contributed by atoms with Gasteiger partial charge in [0, 0.05) is 19.6 Å². The Hall–Kier alpha value is -3.90. The van der Waals surface area contributed by atoms with Crippen LogP contribution in [0.5, 0.6) is 0 Å². The Bertz CT molecular complexity index is 1480. The molecular weight excluding hydrogens is 518 g/mol. The van der Waals surface area contributed by atoms with Crippen LogP contribution in [0.4, 0.5) is 23.5 Å². The van der Waals surface area contributed by atoms with Crippen molar-refractivity contribution in [3.63, 3.8) is 0 Å². The van der Waals surface area contributed by atoms with E-state index in [4.69, 9.17) is 10.8 Å². The summed E-state index contributed by atoms with van der Waals surface area (Å²) in [6.07, 6.45) is 0. The smallest absolute Gasteiger partial charge is 0.335 e. The quantitative estimate of drug-likeness (QED) is 0.166. The molecule has 0 bridgehead atoms. The number of hydrogen-bond donors (Lipinski definition) is 7. The molecule has 0 amide bonds. The van der Waals surface area contributed by atoms with Crippen molar-refractivity contribution in [3.05, 3.63) is 53.6 Å². The first kappa shape index (κ1) is 26.7. The van der Waals surface area contributed by atoms with E-state index < -0.39 is 41.7 Å². The van der Waals surface area contributed by atoms with Crippen LogP contribution in [0, 0.1) is 0 Å². The average molecular weight is 540 g/mol. The minimum Gasteiger partial charge on any atom is -0.478 e. The fraction of sp³-hybridized carbons (Fsp3) is 0.158. The Balaban J connectivity index is 1.95. The van der Waals surface area contributed by atoms with Crippen LogP contribution in [0.25, 0.3) is 0 Å². The van der Waals surface area contributed by atoms with Crippen LogP contribution in [-0.2, 0) is 26.8 Å². The predicted octanol–water partition coefficient (Wildman–Crippen LogP) is 0.789. The monoisotopic (exact) mass is 539 g/mol. The van der Waals surface area contributed by atoms with E-state index in [-0.39, 0.29) is 43.0 Å². The molecule has 0 fully saturated rings. The molecule has 8 N–H and O–H groups in total. The third kappa shape index (κ3) is 7.06. The standard InChI is InChI=1S/C19H21N7O8S2/c20-7-8-21-17-24-18(22-10-11-1-3-12(4-2-11)16(27)28)26-19(25-17)23-14-9-13(35(29,30)31)5-6-15(14)36(32,33)34/h1-6,9H,7-8,10,20H2,(H,27,28)(H,29,30,31)(H,32,33,34)(H3,21,22,23,24,25,26). The molecule has 192 valence electrons. The average Bonchev–Trinajstić information content (AvgIpc) is 2.80. The lowest BCUT2D eigenvalue weighted by atomic mass is 10.1. The van der Waals surface area contributed by atoms with E-state index in [0.29, 0.717) is 5.56 Å². The normalized spacial score (nSPS) is 11.6. The van der Waals surface area contributed by atoms with Crippen molar-refractivity contribution < 1.29 is 35.8 Å². The van der Waals surface area contributed by atoms with Crippen molar-refractivity contribution in [2.75, 3.05) is 29.0 Å². The van der Waals surface area contributed by atoms with Gasteiger partial charge in [-0.05, 0) is 35.9 Å². The number of nitrogens with one attached hydrogen (secondary N) is 3. The van der Waals surface area contributed by atoms with Crippen LogP contribution < -0.4 is 21.7 Å². The summed E-state index contributed by atoms with van der Waals surface area (Å²) in [5, 5.41) is 17.2. The lowest BCUT2D eigenvalue weighted by Gasteiger charge is -2.13. The lowest BCUT2D eigenvalue weighted by molar-refractivity contribution is 0.0696. The van der Waals surface area contributed by atoms with Crippen LogP contribution in [0.3, 0.4) is 0 Å². The van der Waals surface area contributed by atoms with Gasteiger partial charge in [-0.1, -0.05) is 12.1 Å². The first-order chi connectivity index (χ1) is 16.9. The van der Waals surface area contributed by atoms with E-state index >= 15 is 0 Å². The van der Waals surface area contributed by atoms with Crippen LogP contribution in [0.1, 0.15) is 15.9 Å². The van der Waals surface area contributed by atoms with E-state index in [1.807, 2.05) is 0 Å². The highest BCUT2D eigenvalue weighted by atomic mass is 32.2. The summed E-state index contributed by atoms with van der Waals surface area (Å²) < 4.78 is 65.4. The van der Waals surface area contributed by atoms with Crippen molar-refractivity contribution in [2.24, 2.45) is 5.73 Å². The zero-order valence-corrected chi connectivity index (χ0v) is 19.9. The molecule has 0 spiro atoms. The highest BCUT2D eigenvalue weighted by Gasteiger charge is 2.21. The number of nitrogens with zero attached hydrogens (tertiary/aromatic N) is 3. The Labute approximate surface area is 205 Å². The number of nitrogens with two attached hydrogens (primary N) is 1. The minimum absolute atomic E-state index is 0.00803. The molecule has 3 rings (SSSR count). The molecule has 36 heavy (non-hydrogen) atoms. The van der Waals surface area contributed by atoms with Gasteiger partial charge in [-0.3, -0.25) is 9.11 Å². The number of carbonyl (C=O) groups is 1. The number of hydrogen-bond acceptors (Lipinski definition) is 12. The molecule has 0 aliphatic heterocycles. The second-order valence-electron chi connectivity index (χ2n) is 7.11. The Morgan fingerprint density at radius 2 is 1.47 bits per heavy atom. The van der Waals surface area contributed by atoms with Crippen LogP contribution in [0.15, 0.2) is 52.3 Å². The zero-order valence-electron chi connectivity index (χ0n) is 18.3. The third-order valence-electron chi connectivity index (χ3n) is 4.49. The Morgan fingerprint density at radius 1 is 0.861 bits per heavy atom. The molecule has 1 heterocycles. The van der Waals surface area contributed by atoms with Gasteiger partial charge < -0.3 is 26.8 Å². The predicted molar refractivity (Wildman–Crippen MR) is 127 cm³/mol. The zero-order chi connectivity index (χ0) is 26.5. The van der Waals surface area contributed by atoms with Gasteiger partial charge in [0.15, 0.2) is 0 Å². The highest BCUT2D eigenvalue weighted by molar-refractivity contribution is 7.86. The first-order valence-electron chi connectivity index (χ1n) is 9.99. The van der Waals surface area contributed by atoms with Gasteiger partial charge in [0.1, 0.15) is 4.90 Å². The number of carboxylic acids is 1. The summed E-state index contributed by atoms with van der Waals surface area (Å²) in [4.78, 5) is 22.0. The fourth-order valence-electron chi connectivity index (χ4n) is 2.83. The number of carboxylic acid groups (broad SMARTS) is 1. The lowest BCUT2D eigenvalue weighted by Crippen LogP contribution is -2.17. The van der Waals surface area contributed by atoms with Crippen LogP contribution in [-0.4, -0.2) is 65.1 Å². The first-order valence-corrected chi connectivity index (χ1v) is 12.9. The molecule has 0 unspecified atom stereocenters. The summed E-state index contributed by atoms with van der Waals surface area (Å²) in [5.41, 5.74) is 5.86. The van der Waals surface area contributed by atoms with Gasteiger partial charge in [0.05, 0.1) is 16.1 Å². The fourth-order valence-corrected chi connectivity index (χ4v) is 3.97. The van der Waals surface area contributed by atoms with Gasteiger partial charge in [0.25, 0.3) is 20.2 Å². The molecule has 0 atom stereocenters. The van der Waals surface area contributed by atoms with Crippen molar-refractivity contribution in [1.29, 1.82) is 0 Å².